The molecule has 1 aliphatic heterocycles. The molecule has 0 radical (unpaired) electrons. The van der Waals surface area contributed by atoms with Crippen molar-refractivity contribution in [2.45, 2.75) is 13.8 Å². The van der Waals surface area contributed by atoms with E-state index in [2.05, 4.69) is 9.88 Å². The SMILES string of the molecule is Cc1cc(/C=C2/SC(=O)NC2=O)c(C)n1-c1ccc(Cl)cc1. The second-order valence-corrected chi connectivity index (χ2v) is 6.44. The fraction of sp³-hybridized carbons (Fsp3) is 0.125. The van der Waals surface area contributed by atoms with E-state index in [1.807, 2.05) is 44.2 Å². The molecule has 22 heavy (non-hydrogen) atoms. The number of halogens is 1. The summed E-state index contributed by atoms with van der Waals surface area (Å²) in [6.45, 7) is 3.98. The first kappa shape index (κ1) is 14.9. The maximum atomic E-state index is 11.7. The third-order valence-corrected chi connectivity index (χ3v) is 4.55. The first-order valence-corrected chi connectivity index (χ1v) is 7.85. The Bertz CT molecular complexity index is 806. The highest BCUT2D eigenvalue weighted by molar-refractivity contribution is 8.18. The lowest BCUT2D eigenvalue weighted by Crippen LogP contribution is -2.17. The van der Waals surface area contributed by atoms with Crippen molar-refractivity contribution in [3.05, 3.63) is 57.2 Å². The molecule has 3 rings (SSSR count). The monoisotopic (exact) mass is 332 g/mol. The van der Waals surface area contributed by atoms with Gasteiger partial charge in [-0.05, 0) is 67.6 Å². The zero-order chi connectivity index (χ0) is 15.9. The smallest absolute Gasteiger partial charge is 0.290 e. The fourth-order valence-electron chi connectivity index (χ4n) is 2.48. The molecule has 6 heteroatoms. The van der Waals surface area contributed by atoms with Gasteiger partial charge in [-0.3, -0.25) is 14.9 Å². The van der Waals surface area contributed by atoms with E-state index >= 15 is 0 Å². The van der Waals surface area contributed by atoms with E-state index in [0.717, 1.165) is 34.4 Å². The lowest BCUT2D eigenvalue weighted by Gasteiger charge is -2.09. The number of carbonyl (C=O) groups excluding carboxylic acids is 2. The normalized spacial score (nSPS) is 16.4. The molecule has 2 amide bonds. The van der Waals surface area contributed by atoms with Crippen LogP contribution in [0.4, 0.5) is 4.79 Å². The largest absolute Gasteiger partial charge is 0.318 e. The molecule has 0 unspecified atom stereocenters. The predicted octanol–water partition coefficient (Wildman–Crippen LogP) is 4.07. The average Bonchev–Trinajstić information content (AvgIpc) is 2.92. The number of amides is 2. The summed E-state index contributed by atoms with van der Waals surface area (Å²) in [6, 6.07) is 9.56. The maximum absolute atomic E-state index is 11.7. The second kappa shape index (κ2) is 5.66. The van der Waals surface area contributed by atoms with Gasteiger partial charge in [0.25, 0.3) is 11.1 Å². The molecule has 0 aliphatic carbocycles. The van der Waals surface area contributed by atoms with E-state index < -0.39 is 0 Å². The molecule has 112 valence electrons. The number of hydrogen-bond donors (Lipinski definition) is 1. The van der Waals surface area contributed by atoms with Crippen LogP contribution >= 0.6 is 23.4 Å². The molecule has 0 bridgehead atoms. The van der Waals surface area contributed by atoms with Gasteiger partial charge in [0, 0.05) is 22.1 Å². The van der Waals surface area contributed by atoms with Gasteiger partial charge in [-0.25, -0.2) is 0 Å². The Hall–Kier alpha value is -1.98. The lowest BCUT2D eigenvalue weighted by molar-refractivity contribution is -0.115. The van der Waals surface area contributed by atoms with Crippen molar-refractivity contribution >= 4 is 40.6 Å². The van der Waals surface area contributed by atoms with Crippen molar-refractivity contribution in [1.82, 2.24) is 9.88 Å². The maximum Gasteiger partial charge on any atom is 0.290 e. The lowest BCUT2D eigenvalue weighted by atomic mass is 10.2. The summed E-state index contributed by atoms with van der Waals surface area (Å²) < 4.78 is 2.09. The van der Waals surface area contributed by atoms with Crippen molar-refractivity contribution in [2.75, 3.05) is 0 Å². The molecule has 0 atom stereocenters. The Labute approximate surface area is 137 Å². The van der Waals surface area contributed by atoms with Crippen molar-refractivity contribution in [3.8, 4) is 5.69 Å². The Kier molecular flexibility index (Phi) is 3.85. The van der Waals surface area contributed by atoms with E-state index in [1.165, 1.54) is 0 Å². The van der Waals surface area contributed by atoms with Gasteiger partial charge in [0.15, 0.2) is 0 Å². The zero-order valence-corrected chi connectivity index (χ0v) is 13.6. The van der Waals surface area contributed by atoms with Crippen molar-refractivity contribution in [3.63, 3.8) is 0 Å². The Morgan fingerprint density at radius 1 is 1.18 bits per heavy atom. The molecule has 1 saturated heterocycles. The number of nitrogens with one attached hydrogen (secondary N) is 1. The van der Waals surface area contributed by atoms with Crippen molar-refractivity contribution in [2.24, 2.45) is 0 Å². The highest BCUT2D eigenvalue weighted by Gasteiger charge is 2.25. The minimum atomic E-state index is -0.341. The van der Waals surface area contributed by atoms with E-state index in [-0.39, 0.29) is 11.1 Å². The first-order valence-electron chi connectivity index (χ1n) is 6.65. The van der Waals surface area contributed by atoms with Crippen LogP contribution in [-0.2, 0) is 4.79 Å². The number of rotatable bonds is 2. The van der Waals surface area contributed by atoms with Crippen LogP contribution < -0.4 is 5.32 Å². The predicted molar refractivity (Wildman–Crippen MR) is 89.4 cm³/mol. The number of aryl methyl sites for hydroxylation is 1. The number of nitrogens with zero attached hydrogens (tertiary/aromatic N) is 1. The average molecular weight is 333 g/mol. The second-order valence-electron chi connectivity index (χ2n) is 4.99. The van der Waals surface area contributed by atoms with Crippen LogP contribution in [0.15, 0.2) is 35.2 Å². The number of benzene rings is 1. The molecule has 2 heterocycles. The van der Waals surface area contributed by atoms with Gasteiger partial charge in [-0.2, -0.15) is 0 Å². The van der Waals surface area contributed by atoms with E-state index in [1.54, 1.807) is 6.08 Å². The van der Waals surface area contributed by atoms with Crippen LogP contribution in [0, 0.1) is 13.8 Å². The van der Waals surface area contributed by atoms with Crippen LogP contribution in [0.25, 0.3) is 11.8 Å². The van der Waals surface area contributed by atoms with E-state index in [4.69, 9.17) is 11.6 Å². The summed E-state index contributed by atoms with van der Waals surface area (Å²) >= 11 is 6.85. The standard InChI is InChI=1S/C16H13ClN2O2S/c1-9-7-11(8-14-15(20)18-16(21)22-14)10(2)19(9)13-5-3-12(17)4-6-13/h3-8H,1-2H3,(H,18,20,21)/b14-8+. The number of carbonyl (C=O) groups is 2. The van der Waals surface area contributed by atoms with Crippen LogP contribution in [0.1, 0.15) is 17.0 Å². The summed E-state index contributed by atoms with van der Waals surface area (Å²) in [6.07, 6.45) is 1.75. The Balaban J connectivity index is 2.04. The highest BCUT2D eigenvalue weighted by Crippen LogP contribution is 2.29. The molecule has 1 aliphatic rings. The van der Waals surface area contributed by atoms with Gasteiger partial charge in [-0.1, -0.05) is 11.6 Å². The molecule has 1 N–H and O–H groups in total. The van der Waals surface area contributed by atoms with Gasteiger partial charge in [0.2, 0.25) is 0 Å². The fourth-order valence-corrected chi connectivity index (χ4v) is 3.28. The number of hydrogen-bond acceptors (Lipinski definition) is 3. The third-order valence-electron chi connectivity index (χ3n) is 3.48. The van der Waals surface area contributed by atoms with E-state index in [9.17, 15) is 9.59 Å². The molecule has 0 saturated carbocycles. The molecule has 4 nitrogen and oxygen atoms in total. The molecule has 0 spiro atoms. The third kappa shape index (κ3) is 2.69. The molecule has 2 aromatic rings. The molecule has 1 aromatic heterocycles. The Morgan fingerprint density at radius 2 is 1.86 bits per heavy atom. The number of imide groups is 1. The van der Waals surface area contributed by atoms with Gasteiger partial charge in [-0.15, -0.1) is 0 Å². The summed E-state index contributed by atoms with van der Waals surface area (Å²) in [7, 11) is 0. The van der Waals surface area contributed by atoms with Gasteiger partial charge in [0.1, 0.15) is 0 Å². The van der Waals surface area contributed by atoms with Crippen molar-refractivity contribution < 1.29 is 9.59 Å². The molecule has 1 fully saturated rings. The van der Waals surface area contributed by atoms with Crippen LogP contribution in [0.2, 0.25) is 5.02 Å². The summed E-state index contributed by atoms with van der Waals surface area (Å²) in [4.78, 5) is 23.3. The minimum Gasteiger partial charge on any atom is -0.318 e. The number of thioether (sulfide) groups is 1. The summed E-state index contributed by atoms with van der Waals surface area (Å²) in [5, 5.41) is 2.62. The van der Waals surface area contributed by atoms with Crippen molar-refractivity contribution in [1.29, 1.82) is 0 Å². The molecular weight excluding hydrogens is 320 g/mol. The quantitative estimate of drug-likeness (QED) is 0.843. The van der Waals surface area contributed by atoms with Crippen LogP contribution in [-0.4, -0.2) is 15.7 Å². The zero-order valence-electron chi connectivity index (χ0n) is 12.0. The Morgan fingerprint density at radius 3 is 2.45 bits per heavy atom. The van der Waals surface area contributed by atoms with E-state index in [0.29, 0.717) is 9.93 Å². The van der Waals surface area contributed by atoms with Crippen LogP contribution in [0.5, 0.6) is 0 Å². The van der Waals surface area contributed by atoms with Gasteiger partial charge in [0.05, 0.1) is 4.91 Å². The van der Waals surface area contributed by atoms with Crippen LogP contribution in [0.3, 0.4) is 0 Å². The summed E-state index contributed by atoms with van der Waals surface area (Å²) in [5.74, 6) is -0.341. The highest BCUT2D eigenvalue weighted by atomic mass is 35.5. The summed E-state index contributed by atoms with van der Waals surface area (Å²) in [5.41, 5.74) is 3.96. The van der Waals surface area contributed by atoms with Gasteiger partial charge >= 0.3 is 0 Å². The molecule has 1 aromatic carbocycles. The van der Waals surface area contributed by atoms with Gasteiger partial charge < -0.3 is 4.57 Å². The topological polar surface area (TPSA) is 51.1 Å². The minimum absolute atomic E-state index is 0.331. The first-order chi connectivity index (χ1) is 10.5. The number of aromatic nitrogens is 1. The molecular formula is C16H13ClN2O2S.